The molecule has 7 heteroatoms. The lowest BCUT2D eigenvalue weighted by molar-refractivity contribution is 0.203. The van der Waals surface area contributed by atoms with E-state index in [-0.39, 0.29) is 24.0 Å². The molecule has 0 amide bonds. The molecule has 1 heterocycles. The maximum Gasteiger partial charge on any atom is 0.191 e. The average molecular weight is 443 g/mol. The quantitative estimate of drug-likeness (QED) is 0.285. The molecule has 0 atom stereocenters. The number of nitrogens with one attached hydrogen (secondary N) is 2. The van der Waals surface area contributed by atoms with Crippen molar-refractivity contribution in [2.45, 2.75) is 20.0 Å². The van der Waals surface area contributed by atoms with Crippen molar-refractivity contribution < 1.29 is 4.74 Å². The first-order chi connectivity index (χ1) is 11.3. The van der Waals surface area contributed by atoms with Crippen molar-refractivity contribution in [2.24, 2.45) is 4.99 Å². The van der Waals surface area contributed by atoms with E-state index in [2.05, 4.69) is 37.3 Å². The highest BCUT2D eigenvalue weighted by molar-refractivity contribution is 14.0. The Morgan fingerprint density at radius 1 is 1.25 bits per heavy atom. The van der Waals surface area contributed by atoms with E-state index in [0.717, 1.165) is 31.4 Å². The molecule has 6 nitrogen and oxygen atoms in total. The van der Waals surface area contributed by atoms with Crippen molar-refractivity contribution in [3.8, 4) is 0 Å². The molecule has 24 heavy (non-hydrogen) atoms. The van der Waals surface area contributed by atoms with Gasteiger partial charge in [0.15, 0.2) is 5.96 Å². The van der Waals surface area contributed by atoms with Crippen LogP contribution in [0.4, 0.5) is 0 Å². The molecular formula is C17H26IN5O. The normalized spacial score (nSPS) is 11.0. The van der Waals surface area contributed by atoms with Crippen LogP contribution in [-0.2, 0) is 17.8 Å². The molecule has 0 saturated carbocycles. The van der Waals surface area contributed by atoms with Crippen molar-refractivity contribution in [3.05, 3.63) is 54.1 Å². The molecule has 0 aliphatic carbocycles. The third kappa shape index (κ3) is 6.88. The van der Waals surface area contributed by atoms with E-state index in [0.29, 0.717) is 13.2 Å². The summed E-state index contributed by atoms with van der Waals surface area (Å²) in [7, 11) is 1.69. The van der Waals surface area contributed by atoms with Gasteiger partial charge >= 0.3 is 0 Å². The zero-order valence-electron chi connectivity index (χ0n) is 14.2. The lowest BCUT2D eigenvalue weighted by Gasteiger charge is -2.11. The molecular weight excluding hydrogens is 417 g/mol. The summed E-state index contributed by atoms with van der Waals surface area (Å²) in [6, 6.07) is 10.4. The molecule has 2 aromatic rings. The summed E-state index contributed by atoms with van der Waals surface area (Å²) in [6.45, 7) is 5.57. The van der Waals surface area contributed by atoms with Gasteiger partial charge in [0, 0.05) is 39.1 Å². The minimum Gasteiger partial charge on any atom is -0.383 e. The largest absolute Gasteiger partial charge is 0.383 e. The Morgan fingerprint density at radius 3 is 2.75 bits per heavy atom. The molecule has 2 rings (SSSR count). The number of rotatable bonds is 8. The Labute approximate surface area is 160 Å². The maximum atomic E-state index is 5.04. The van der Waals surface area contributed by atoms with Gasteiger partial charge in [-0.2, -0.15) is 0 Å². The van der Waals surface area contributed by atoms with Gasteiger partial charge in [0.2, 0.25) is 0 Å². The van der Waals surface area contributed by atoms with Gasteiger partial charge in [-0.1, -0.05) is 30.3 Å². The Balaban J connectivity index is 0.00000288. The van der Waals surface area contributed by atoms with Crippen molar-refractivity contribution >= 4 is 29.9 Å². The van der Waals surface area contributed by atoms with Crippen molar-refractivity contribution in [2.75, 3.05) is 26.8 Å². The van der Waals surface area contributed by atoms with Crippen molar-refractivity contribution in [1.82, 2.24) is 20.2 Å². The van der Waals surface area contributed by atoms with Gasteiger partial charge in [-0.05, 0) is 12.5 Å². The highest BCUT2D eigenvalue weighted by Gasteiger charge is 2.04. The van der Waals surface area contributed by atoms with Crippen LogP contribution >= 0.6 is 24.0 Å². The highest BCUT2D eigenvalue weighted by atomic mass is 127. The predicted octanol–water partition coefficient (Wildman–Crippen LogP) is 2.25. The topological polar surface area (TPSA) is 63.5 Å². The van der Waals surface area contributed by atoms with Crippen LogP contribution in [0.25, 0.3) is 0 Å². The molecule has 0 saturated heterocycles. The molecule has 0 spiro atoms. The summed E-state index contributed by atoms with van der Waals surface area (Å²) in [4.78, 5) is 9.00. The molecule has 132 valence electrons. The monoisotopic (exact) mass is 443 g/mol. The minimum atomic E-state index is 0. The summed E-state index contributed by atoms with van der Waals surface area (Å²) in [5.74, 6) is 1.72. The Bertz CT molecular complexity index is 600. The second-order valence-corrected chi connectivity index (χ2v) is 5.07. The van der Waals surface area contributed by atoms with Gasteiger partial charge in [-0.3, -0.25) is 0 Å². The molecule has 0 fully saturated rings. The van der Waals surface area contributed by atoms with Crippen LogP contribution in [0.5, 0.6) is 0 Å². The van der Waals surface area contributed by atoms with Crippen LogP contribution in [-0.4, -0.2) is 42.3 Å². The molecule has 1 aromatic heterocycles. The first-order valence-corrected chi connectivity index (χ1v) is 7.88. The van der Waals surface area contributed by atoms with E-state index in [9.17, 15) is 0 Å². The lowest BCUT2D eigenvalue weighted by atomic mass is 10.2. The van der Waals surface area contributed by atoms with Crippen LogP contribution in [0.1, 0.15) is 18.3 Å². The second-order valence-electron chi connectivity index (χ2n) is 5.07. The van der Waals surface area contributed by atoms with Gasteiger partial charge in [-0.25, -0.2) is 9.98 Å². The van der Waals surface area contributed by atoms with Gasteiger partial charge in [-0.15, -0.1) is 24.0 Å². The van der Waals surface area contributed by atoms with E-state index in [1.54, 1.807) is 7.11 Å². The molecule has 0 aliphatic rings. The van der Waals surface area contributed by atoms with Crippen LogP contribution in [0.3, 0.4) is 0 Å². The Kier molecular flexibility index (Phi) is 10.1. The second kappa shape index (κ2) is 11.9. The van der Waals surface area contributed by atoms with Gasteiger partial charge in [0.25, 0.3) is 0 Å². The maximum absolute atomic E-state index is 5.04. The van der Waals surface area contributed by atoms with Crippen molar-refractivity contribution in [1.29, 1.82) is 0 Å². The standard InChI is InChI=1S/C17H25N5O.HI/c1-3-18-17(20-10-12-23-2)21-13-16-19-9-11-22(16)14-15-7-5-4-6-8-15;/h4-9,11H,3,10,12-14H2,1-2H3,(H2,18,20,21);1H. The molecule has 0 radical (unpaired) electrons. The average Bonchev–Trinajstić information content (AvgIpc) is 3.01. The number of aliphatic imine (C=N–C) groups is 1. The Hall–Kier alpha value is -1.61. The molecule has 0 bridgehead atoms. The number of hydrogen-bond donors (Lipinski definition) is 2. The zero-order chi connectivity index (χ0) is 16.3. The van der Waals surface area contributed by atoms with Gasteiger partial charge in [0.1, 0.15) is 12.4 Å². The number of aromatic nitrogens is 2. The third-order valence-electron chi connectivity index (χ3n) is 3.32. The number of nitrogens with zero attached hydrogens (tertiary/aromatic N) is 3. The minimum absolute atomic E-state index is 0. The predicted molar refractivity (Wildman–Crippen MR) is 108 cm³/mol. The first kappa shape index (κ1) is 20.4. The number of hydrogen-bond acceptors (Lipinski definition) is 3. The number of methoxy groups -OCH3 is 1. The SMILES string of the molecule is CCNC(=NCc1nccn1Cc1ccccc1)NCCOC.I. The zero-order valence-corrected chi connectivity index (χ0v) is 16.6. The van der Waals surface area contributed by atoms with E-state index in [4.69, 9.17) is 4.74 Å². The van der Waals surface area contributed by atoms with Crippen LogP contribution in [0.15, 0.2) is 47.7 Å². The molecule has 0 unspecified atom stereocenters. The summed E-state index contributed by atoms with van der Waals surface area (Å²) >= 11 is 0. The molecule has 2 N–H and O–H groups in total. The van der Waals surface area contributed by atoms with Crippen LogP contribution in [0.2, 0.25) is 0 Å². The smallest absolute Gasteiger partial charge is 0.191 e. The summed E-state index contributed by atoms with van der Waals surface area (Å²) in [6.07, 6.45) is 3.81. The number of halogens is 1. The summed E-state index contributed by atoms with van der Waals surface area (Å²) in [5.41, 5.74) is 1.25. The van der Waals surface area contributed by atoms with E-state index in [1.807, 2.05) is 37.5 Å². The fraction of sp³-hybridized carbons (Fsp3) is 0.412. The molecule has 1 aromatic carbocycles. The summed E-state index contributed by atoms with van der Waals surface area (Å²) in [5, 5.41) is 6.45. The Morgan fingerprint density at radius 2 is 2.04 bits per heavy atom. The van der Waals surface area contributed by atoms with Crippen LogP contribution < -0.4 is 10.6 Å². The lowest BCUT2D eigenvalue weighted by Crippen LogP contribution is -2.38. The van der Waals surface area contributed by atoms with Crippen LogP contribution in [0, 0.1) is 0 Å². The van der Waals surface area contributed by atoms with E-state index >= 15 is 0 Å². The number of guanidine groups is 1. The molecule has 0 aliphatic heterocycles. The van der Waals surface area contributed by atoms with Crippen molar-refractivity contribution in [3.63, 3.8) is 0 Å². The van der Waals surface area contributed by atoms with Gasteiger partial charge < -0.3 is 19.9 Å². The number of imidazole rings is 1. The fourth-order valence-electron chi connectivity index (χ4n) is 2.18. The highest BCUT2D eigenvalue weighted by Crippen LogP contribution is 2.06. The third-order valence-corrected chi connectivity index (χ3v) is 3.32. The van der Waals surface area contributed by atoms with Gasteiger partial charge in [0.05, 0.1) is 6.61 Å². The summed E-state index contributed by atoms with van der Waals surface area (Å²) < 4.78 is 7.17. The van der Waals surface area contributed by atoms with E-state index < -0.39 is 0 Å². The van der Waals surface area contributed by atoms with E-state index in [1.165, 1.54) is 5.56 Å². The number of benzene rings is 1. The first-order valence-electron chi connectivity index (χ1n) is 7.88. The fourth-order valence-corrected chi connectivity index (χ4v) is 2.18. The number of ether oxygens (including phenoxy) is 1.